The molecule has 2 aromatic carbocycles. The summed E-state index contributed by atoms with van der Waals surface area (Å²) in [7, 11) is 0. The number of rotatable bonds is 6. The van der Waals surface area contributed by atoms with Crippen LogP contribution in [0.2, 0.25) is 0 Å². The first-order valence-electron chi connectivity index (χ1n) is 11.7. The molecule has 7 nitrogen and oxygen atoms in total. The van der Waals surface area contributed by atoms with Crippen LogP contribution in [0.15, 0.2) is 47.0 Å². The lowest BCUT2D eigenvalue weighted by Crippen LogP contribution is -2.31. The van der Waals surface area contributed by atoms with Crippen LogP contribution in [0.3, 0.4) is 0 Å². The van der Waals surface area contributed by atoms with E-state index in [-0.39, 0.29) is 35.0 Å². The number of aliphatic hydroxyl groups excluding tert-OH is 1. The maximum atomic E-state index is 13.1. The van der Waals surface area contributed by atoms with Gasteiger partial charge in [0.2, 0.25) is 5.76 Å². The fourth-order valence-electron chi connectivity index (χ4n) is 3.47. The zero-order valence-corrected chi connectivity index (χ0v) is 21.6. The van der Waals surface area contributed by atoms with E-state index in [9.17, 15) is 14.7 Å². The van der Waals surface area contributed by atoms with Crippen LogP contribution in [-0.2, 0) is 12.0 Å². The summed E-state index contributed by atoms with van der Waals surface area (Å²) in [6, 6.07) is 12.6. The second kappa shape index (κ2) is 10.0. The average molecular weight is 478 g/mol. The molecule has 0 aliphatic carbocycles. The maximum Gasteiger partial charge on any atom is 0.289 e. The standard InChI is InChI=1S/C28H35N3O4/c1-17-8-9-21(30-25(33)19-10-18(15-32)11-20(12-19)28(5,6)7)13-22(17)23-14-24(35-31-23)26(34)29-16-27(2,3)4/h8-14,32H,15-16H2,1-7H3,(H,29,34)(H,30,33). The molecular weight excluding hydrogens is 442 g/mol. The summed E-state index contributed by atoms with van der Waals surface area (Å²) in [5.41, 5.74) is 4.69. The molecule has 0 radical (unpaired) electrons. The van der Waals surface area contributed by atoms with Crippen LogP contribution in [0.25, 0.3) is 11.3 Å². The van der Waals surface area contributed by atoms with E-state index in [0.29, 0.717) is 29.1 Å². The molecular formula is C28H35N3O4. The Labute approximate surface area is 206 Å². The molecule has 0 saturated heterocycles. The third-order valence-electron chi connectivity index (χ3n) is 5.59. The quantitative estimate of drug-likeness (QED) is 0.437. The highest BCUT2D eigenvalue weighted by Gasteiger charge is 2.20. The van der Waals surface area contributed by atoms with Gasteiger partial charge in [-0.3, -0.25) is 9.59 Å². The monoisotopic (exact) mass is 477 g/mol. The van der Waals surface area contributed by atoms with Gasteiger partial charge in [-0.2, -0.15) is 0 Å². The molecule has 7 heteroatoms. The first-order valence-corrected chi connectivity index (χ1v) is 11.7. The van der Waals surface area contributed by atoms with Gasteiger partial charge in [0.25, 0.3) is 11.8 Å². The summed E-state index contributed by atoms with van der Waals surface area (Å²) in [4.78, 5) is 25.5. The van der Waals surface area contributed by atoms with Gasteiger partial charge in [0.1, 0.15) is 5.69 Å². The maximum absolute atomic E-state index is 13.1. The summed E-state index contributed by atoms with van der Waals surface area (Å²) in [5, 5.41) is 19.5. The number of carbonyl (C=O) groups is 2. The number of hydrogen-bond donors (Lipinski definition) is 3. The Morgan fingerprint density at radius 1 is 0.971 bits per heavy atom. The number of aromatic nitrogens is 1. The molecule has 0 bridgehead atoms. The fraction of sp³-hybridized carbons (Fsp3) is 0.393. The molecule has 3 aromatic rings. The number of aryl methyl sites for hydroxylation is 1. The highest BCUT2D eigenvalue weighted by molar-refractivity contribution is 6.05. The van der Waals surface area contributed by atoms with Gasteiger partial charge in [0.15, 0.2) is 0 Å². The van der Waals surface area contributed by atoms with Gasteiger partial charge >= 0.3 is 0 Å². The Balaban J connectivity index is 1.83. The van der Waals surface area contributed by atoms with Gasteiger partial charge < -0.3 is 20.3 Å². The highest BCUT2D eigenvalue weighted by Crippen LogP contribution is 2.28. The molecule has 0 unspecified atom stereocenters. The van der Waals surface area contributed by atoms with Gasteiger partial charge in [-0.25, -0.2) is 0 Å². The van der Waals surface area contributed by atoms with Crippen molar-refractivity contribution in [1.82, 2.24) is 10.5 Å². The summed E-state index contributed by atoms with van der Waals surface area (Å²) in [6.07, 6.45) is 0. The van der Waals surface area contributed by atoms with Crippen LogP contribution in [0.4, 0.5) is 5.69 Å². The predicted molar refractivity (Wildman–Crippen MR) is 137 cm³/mol. The molecule has 0 aliphatic rings. The number of nitrogens with one attached hydrogen (secondary N) is 2. The lowest BCUT2D eigenvalue weighted by molar-refractivity contribution is 0.0902. The Hall–Kier alpha value is -3.45. The van der Waals surface area contributed by atoms with E-state index in [1.807, 2.05) is 58.0 Å². The van der Waals surface area contributed by atoms with Crippen molar-refractivity contribution in [2.75, 3.05) is 11.9 Å². The first-order chi connectivity index (χ1) is 16.3. The largest absolute Gasteiger partial charge is 0.392 e. The third kappa shape index (κ3) is 6.79. The highest BCUT2D eigenvalue weighted by atomic mass is 16.5. The minimum Gasteiger partial charge on any atom is -0.392 e. The lowest BCUT2D eigenvalue weighted by Gasteiger charge is -2.21. The van der Waals surface area contributed by atoms with Crippen LogP contribution >= 0.6 is 0 Å². The van der Waals surface area contributed by atoms with E-state index >= 15 is 0 Å². The number of hydrogen-bond acceptors (Lipinski definition) is 5. The molecule has 186 valence electrons. The molecule has 2 amide bonds. The van der Waals surface area contributed by atoms with Crippen molar-refractivity contribution in [2.45, 2.75) is 60.5 Å². The number of aliphatic hydroxyl groups is 1. The van der Waals surface area contributed by atoms with Crippen molar-refractivity contribution in [1.29, 1.82) is 0 Å². The molecule has 0 fully saturated rings. The predicted octanol–water partition coefficient (Wildman–Crippen LogP) is 5.47. The average Bonchev–Trinajstić information content (AvgIpc) is 3.27. The number of nitrogens with zero attached hydrogens (tertiary/aromatic N) is 1. The summed E-state index contributed by atoms with van der Waals surface area (Å²) in [5.74, 6) is -0.462. The zero-order valence-electron chi connectivity index (χ0n) is 21.6. The Morgan fingerprint density at radius 3 is 2.31 bits per heavy atom. The summed E-state index contributed by atoms with van der Waals surface area (Å²) < 4.78 is 5.29. The topological polar surface area (TPSA) is 104 Å². The van der Waals surface area contributed by atoms with Gasteiger partial charge in [-0.15, -0.1) is 0 Å². The Bertz CT molecular complexity index is 1230. The van der Waals surface area contributed by atoms with Crippen molar-refractivity contribution in [3.05, 3.63) is 70.5 Å². The normalized spacial score (nSPS) is 11.9. The smallest absolute Gasteiger partial charge is 0.289 e. The molecule has 3 rings (SSSR count). The van der Waals surface area contributed by atoms with Gasteiger partial charge in [0, 0.05) is 29.4 Å². The first kappa shape index (κ1) is 26.2. The van der Waals surface area contributed by atoms with E-state index in [0.717, 1.165) is 16.7 Å². The van der Waals surface area contributed by atoms with Crippen LogP contribution in [0.5, 0.6) is 0 Å². The number of amides is 2. The second-order valence-corrected chi connectivity index (χ2v) is 11.1. The molecule has 0 saturated carbocycles. The van der Waals surface area contributed by atoms with Crippen LogP contribution in [-0.4, -0.2) is 28.6 Å². The Morgan fingerprint density at radius 2 is 1.69 bits per heavy atom. The molecule has 0 atom stereocenters. The van der Waals surface area contributed by atoms with Gasteiger partial charge in [-0.05, 0) is 58.7 Å². The SMILES string of the molecule is Cc1ccc(NC(=O)c2cc(CO)cc(C(C)(C)C)c2)cc1-c1cc(C(=O)NCC(C)(C)C)on1. The minimum absolute atomic E-state index is 0.0496. The van der Waals surface area contributed by atoms with E-state index < -0.39 is 0 Å². The second-order valence-electron chi connectivity index (χ2n) is 11.1. The Kier molecular flexibility index (Phi) is 7.50. The summed E-state index contributed by atoms with van der Waals surface area (Å²) >= 11 is 0. The van der Waals surface area contributed by atoms with Crippen LogP contribution in [0.1, 0.15) is 79.1 Å². The van der Waals surface area contributed by atoms with Crippen molar-refractivity contribution in [3.63, 3.8) is 0 Å². The van der Waals surface area contributed by atoms with Crippen LogP contribution < -0.4 is 10.6 Å². The molecule has 1 heterocycles. The van der Waals surface area contributed by atoms with E-state index in [1.54, 1.807) is 12.1 Å². The van der Waals surface area contributed by atoms with Gasteiger partial charge in [0.05, 0.1) is 6.61 Å². The molecule has 0 spiro atoms. The molecule has 3 N–H and O–H groups in total. The third-order valence-corrected chi connectivity index (χ3v) is 5.59. The zero-order chi connectivity index (χ0) is 26.0. The van der Waals surface area contributed by atoms with Crippen molar-refractivity contribution < 1.29 is 19.2 Å². The number of benzene rings is 2. The summed E-state index contributed by atoms with van der Waals surface area (Å²) in [6.45, 7) is 14.6. The van der Waals surface area contributed by atoms with E-state index in [2.05, 4.69) is 36.6 Å². The van der Waals surface area contributed by atoms with Crippen molar-refractivity contribution in [2.24, 2.45) is 5.41 Å². The van der Waals surface area contributed by atoms with Gasteiger partial charge in [-0.1, -0.05) is 58.8 Å². The minimum atomic E-state index is -0.320. The number of carbonyl (C=O) groups excluding carboxylic acids is 2. The van der Waals surface area contributed by atoms with E-state index in [1.165, 1.54) is 0 Å². The van der Waals surface area contributed by atoms with E-state index in [4.69, 9.17) is 4.52 Å². The van der Waals surface area contributed by atoms with Crippen molar-refractivity contribution in [3.8, 4) is 11.3 Å². The van der Waals surface area contributed by atoms with Crippen LogP contribution in [0, 0.1) is 12.3 Å². The van der Waals surface area contributed by atoms with Crippen molar-refractivity contribution >= 4 is 17.5 Å². The number of anilines is 1. The molecule has 35 heavy (non-hydrogen) atoms. The molecule has 0 aliphatic heterocycles. The fourth-order valence-corrected chi connectivity index (χ4v) is 3.47. The lowest BCUT2D eigenvalue weighted by atomic mass is 9.85. The molecule has 1 aromatic heterocycles.